The maximum atomic E-state index is 11.3. The van der Waals surface area contributed by atoms with Crippen LogP contribution >= 0.6 is 0 Å². The van der Waals surface area contributed by atoms with E-state index in [-0.39, 0.29) is 11.5 Å². The lowest BCUT2D eigenvalue weighted by Gasteiger charge is -2.38. The molecule has 2 fully saturated rings. The van der Waals surface area contributed by atoms with Gasteiger partial charge >= 0.3 is 5.97 Å². The standard InChI is InChI=1S/C12H21NO2/c1-13-9-6-10(11(14)15)12(13)7-4-2-3-5-8-12/h10H,2-9H2,1H3,(H,14,15). The number of carbonyl (C=O) groups is 1. The van der Waals surface area contributed by atoms with Gasteiger partial charge in [-0.1, -0.05) is 25.7 Å². The lowest BCUT2D eigenvalue weighted by Crippen LogP contribution is -2.48. The molecule has 1 aliphatic heterocycles. The Morgan fingerprint density at radius 2 is 1.87 bits per heavy atom. The van der Waals surface area contributed by atoms with Crippen LogP contribution in [-0.2, 0) is 4.79 Å². The number of carboxylic acid groups (broad SMARTS) is 1. The number of carboxylic acids is 1. The molecule has 86 valence electrons. The summed E-state index contributed by atoms with van der Waals surface area (Å²) in [7, 11) is 2.11. The van der Waals surface area contributed by atoms with Crippen LogP contribution in [0.1, 0.15) is 44.9 Å². The van der Waals surface area contributed by atoms with E-state index in [4.69, 9.17) is 0 Å². The zero-order valence-electron chi connectivity index (χ0n) is 9.54. The van der Waals surface area contributed by atoms with Gasteiger partial charge in [-0.3, -0.25) is 9.69 Å². The lowest BCUT2D eigenvalue weighted by atomic mass is 9.78. The van der Waals surface area contributed by atoms with E-state index in [2.05, 4.69) is 11.9 Å². The van der Waals surface area contributed by atoms with Crippen LogP contribution in [0.15, 0.2) is 0 Å². The molecule has 3 heteroatoms. The highest BCUT2D eigenvalue weighted by Crippen LogP contribution is 2.43. The van der Waals surface area contributed by atoms with Gasteiger partial charge in [0.1, 0.15) is 0 Å². The van der Waals surface area contributed by atoms with E-state index in [9.17, 15) is 9.90 Å². The lowest BCUT2D eigenvalue weighted by molar-refractivity contribution is -0.145. The molecule has 0 bridgehead atoms. The largest absolute Gasteiger partial charge is 0.481 e. The Labute approximate surface area is 91.5 Å². The Hall–Kier alpha value is -0.570. The zero-order valence-corrected chi connectivity index (χ0v) is 9.54. The first kappa shape index (κ1) is 10.9. The Kier molecular flexibility index (Phi) is 3.01. The van der Waals surface area contributed by atoms with Crippen LogP contribution in [0.4, 0.5) is 0 Å². The van der Waals surface area contributed by atoms with Crippen molar-refractivity contribution < 1.29 is 9.90 Å². The van der Waals surface area contributed by atoms with Crippen LogP contribution in [0.2, 0.25) is 0 Å². The summed E-state index contributed by atoms with van der Waals surface area (Å²) in [6.45, 7) is 0.955. The van der Waals surface area contributed by atoms with Crippen LogP contribution in [0.25, 0.3) is 0 Å². The van der Waals surface area contributed by atoms with Gasteiger partial charge in [0.2, 0.25) is 0 Å². The van der Waals surface area contributed by atoms with Crippen molar-refractivity contribution in [1.82, 2.24) is 4.90 Å². The molecular weight excluding hydrogens is 190 g/mol. The number of hydrogen-bond acceptors (Lipinski definition) is 2. The first-order valence-electron chi connectivity index (χ1n) is 6.11. The van der Waals surface area contributed by atoms with E-state index in [0.717, 1.165) is 25.8 Å². The molecule has 15 heavy (non-hydrogen) atoms. The summed E-state index contributed by atoms with van der Waals surface area (Å²) < 4.78 is 0. The van der Waals surface area contributed by atoms with Gasteiger partial charge in [0.05, 0.1) is 5.92 Å². The van der Waals surface area contributed by atoms with E-state index in [0.29, 0.717) is 0 Å². The van der Waals surface area contributed by atoms with Crippen LogP contribution < -0.4 is 0 Å². The molecule has 0 aromatic heterocycles. The Bertz CT molecular complexity index is 244. The van der Waals surface area contributed by atoms with E-state index in [1.165, 1.54) is 25.7 Å². The van der Waals surface area contributed by atoms with Gasteiger partial charge in [0.15, 0.2) is 0 Å². The van der Waals surface area contributed by atoms with Crippen molar-refractivity contribution in [1.29, 1.82) is 0 Å². The van der Waals surface area contributed by atoms with Crippen molar-refractivity contribution in [2.75, 3.05) is 13.6 Å². The second kappa shape index (κ2) is 4.12. The van der Waals surface area contributed by atoms with E-state index >= 15 is 0 Å². The maximum Gasteiger partial charge on any atom is 0.308 e. The van der Waals surface area contributed by atoms with Crippen molar-refractivity contribution in [3.05, 3.63) is 0 Å². The van der Waals surface area contributed by atoms with E-state index < -0.39 is 5.97 Å². The quantitative estimate of drug-likeness (QED) is 0.722. The predicted molar refractivity (Wildman–Crippen MR) is 58.8 cm³/mol. The van der Waals surface area contributed by atoms with Gasteiger partial charge in [0, 0.05) is 5.54 Å². The second-order valence-electron chi connectivity index (χ2n) is 5.12. The van der Waals surface area contributed by atoms with Crippen molar-refractivity contribution >= 4 is 5.97 Å². The van der Waals surface area contributed by atoms with Gasteiger partial charge in [-0.15, -0.1) is 0 Å². The number of likely N-dealkylation sites (tertiary alicyclic amines) is 1. The SMILES string of the molecule is CN1CCC(C(=O)O)C12CCCCCC2. The van der Waals surface area contributed by atoms with E-state index in [1.807, 2.05) is 0 Å². The highest BCUT2D eigenvalue weighted by atomic mass is 16.4. The minimum atomic E-state index is -0.582. The van der Waals surface area contributed by atoms with Crippen LogP contribution in [0.5, 0.6) is 0 Å². The topological polar surface area (TPSA) is 40.5 Å². The molecule has 0 radical (unpaired) electrons. The van der Waals surface area contributed by atoms with Gasteiger partial charge < -0.3 is 5.11 Å². The third-order valence-electron chi connectivity index (χ3n) is 4.43. The first-order valence-corrected chi connectivity index (χ1v) is 6.11. The van der Waals surface area contributed by atoms with Crippen LogP contribution in [0, 0.1) is 5.92 Å². The minimum absolute atomic E-state index is 0.0116. The summed E-state index contributed by atoms with van der Waals surface area (Å²) in [5.41, 5.74) is -0.0116. The fourth-order valence-electron chi connectivity index (χ4n) is 3.50. The summed E-state index contributed by atoms with van der Waals surface area (Å²) in [5, 5.41) is 9.31. The van der Waals surface area contributed by atoms with Crippen LogP contribution in [0.3, 0.4) is 0 Å². The molecule has 0 aromatic rings. The molecule has 1 atom stereocenters. The van der Waals surface area contributed by atoms with Crippen LogP contribution in [-0.4, -0.2) is 35.1 Å². The molecule has 2 rings (SSSR count). The highest BCUT2D eigenvalue weighted by Gasteiger charge is 2.49. The summed E-state index contributed by atoms with van der Waals surface area (Å²) in [6.07, 6.45) is 7.97. The molecule has 1 saturated carbocycles. The van der Waals surface area contributed by atoms with Gasteiger partial charge in [-0.2, -0.15) is 0 Å². The van der Waals surface area contributed by atoms with Crippen molar-refractivity contribution in [2.24, 2.45) is 5.92 Å². The van der Waals surface area contributed by atoms with Crippen molar-refractivity contribution in [3.8, 4) is 0 Å². The summed E-state index contributed by atoms with van der Waals surface area (Å²) in [5.74, 6) is -0.707. The molecule has 0 aromatic carbocycles. The van der Waals surface area contributed by atoms with E-state index in [1.54, 1.807) is 0 Å². The molecule has 1 unspecified atom stereocenters. The van der Waals surface area contributed by atoms with Gasteiger partial charge in [-0.25, -0.2) is 0 Å². The number of nitrogens with zero attached hydrogens (tertiary/aromatic N) is 1. The molecule has 1 N–H and O–H groups in total. The number of hydrogen-bond donors (Lipinski definition) is 1. The molecular formula is C12H21NO2. The van der Waals surface area contributed by atoms with Crippen molar-refractivity contribution in [2.45, 2.75) is 50.5 Å². The molecule has 1 saturated heterocycles. The maximum absolute atomic E-state index is 11.3. The Balaban J connectivity index is 2.22. The fraction of sp³-hybridized carbons (Fsp3) is 0.917. The summed E-state index contributed by atoms with van der Waals surface area (Å²) in [4.78, 5) is 13.6. The van der Waals surface area contributed by atoms with Crippen molar-refractivity contribution in [3.63, 3.8) is 0 Å². The summed E-state index contributed by atoms with van der Waals surface area (Å²) in [6, 6.07) is 0. The predicted octanol–water partition coefficient (Wildman–Crippen LogP) is 2.12. The Morgan fingerprint density at radius 1 is 1.27 bits per heavy atom. The highest BCUT2D eigenvalue weighted by molar-refractivity contribution is 5.72. The molecule has 0 amide bonds. The fourth-order valence-corrected chi connectivity index (χ4v) is 3.50. The molecule has 3 nitrogen and oxygen atoms in total. The normalized spacial score (nSPS) is 31.7. The zero-order chi connectivity index (χ0) is 10.9. The third kappa shape index (κ3) is 1.78. The molecule has 1 heterocycles. The third-order valence-corrected chi connectivity index (χ3v) is 4.43. The Morgan fingerprint density at radius 3 is 2.40 bits per heavy atom. The first-order chi connectivity index (χ1) is 7.17. The van der Waals surface area contributed by atoms with Gasteiger partial charge in [-0.05, 0) is 32.9 Å². The average Bonchev–Trinajstić information content (AvgIpc) is 2.39. The monoisotopic (exact) mass is 211 g/mol. The molecule has 1 spiro atoms. The average molecular weight is 211 g/mol. The number of rotatable bonds is 1. The summed E-state index contributed by atoms with van der Waals surface area (Å²) >= 11 is 0. The minimum Gasteiger partial charge on any atom is -0.481 e. The number of aliphatic carboxylic acids is 1. The smallest absolute Gasteiger partial charge is 0.308 e. The van der Waals surface area contributed by atoms with Gasteiger partial charge in [0.25, 0.3) is 0 Å². The second-order valence-corrected chi connectivity index (χ2v) is 5.12. The molecule has 1 aliphatic carbocycles. The molecule has 2 aliphatic rings.